The fraction of sp³-hybridized carbons (Fsp3) is 0.455. The van der Waals surface area contributed by atoms with Gasteiger partial charge in [0.1, 0.15) is 0 Å². The van der Waals surface area contributed by atoms with Gasteiger partial charge in [0.05, 0.1) is 6.10 Å². The minimum Gasteiger partial charge on any atom is -0.321 e. The molecule has 5 heteroatoms. The molecule has 3 unspecified atom stereocenters. The second-order valence-electron chi connectivity index (χ2n) is 3.89. The van der Waals surface area contributed by atoms with E-state index in [0.29, 0.717) is 5.92 Å². The molecule has 3 atom stereocenters. The second kappa shape index (κ2) is 4.94. The lowest BCUT2D eigenvalue weighted by molar-refractivity contribution is 0.204. The summed E-state index contributed by atoms with van der Waals surface area (Å²) in [6, 6.07) is 10.3. The first-order chi connectivity index (χ1) is 7.64. The number of rotatable bonds is 3. The highest BCUT2D eigenvalue weighted by atomic mass is 32.5. The first kappa shape index (κ1) is 12.2. The number of hydrogen-bond acceptors (Lipinski definition) is 3. The molecular weight excluding hydrogens is 241 g/mol. The molecule has 1 saturated heterocycles. The summed E-state index contributed by atoms with van der Waals surface area (Å²) in [7, 11) is 1.60. The summed E-state index contributed by atoms with van der Waals surface area (Å²) in [5.74, 6) is 0.327. The van der Waals surface area contributed by atoms with Crippen LogP contribution in [0.4, 0.5) is 0 Å². The van der Waals surface area contributed by atoms with E-state index < -0.39 is 6.64 Å². The van der Waals surface area contributed by atoms with Crippen LogP contribution in [0.15, 0.2) is 30.3 Å². The molecule has 16 heavy (non-hydrogen) atoms. The Bertz CT molecular complexity index is 398. The Balaban J connectivity index is 2.08. The Hall–Kier alpha value is -0.250. The Morgan fingerprint density at radius 2 is 2.19 bits per heavy atom. The monoisotopic (exact) mass is 257 g/mol. The van der Waals surface area contributed by atoms with Crippen molar-refractivity contribution < 1.29 is 9.05 Å². The van der Waals surface area contributed by atoms with E-state index in [2.05, 4.69) is 24.1 Å². The molecule has 1 fully saturated rings. The molecule has 0 radical (unpaired) electrons. The normalized spacial score (nSPS) is 31.5. The van der Waals surface area contributed by atoms with Crippen molar-refractivity contribution in [2.24, 2.45) is 0 Å². The molecule has 0 spiro atoms. The average molecular weight is 257 g/mol. The van der Waals surface area contributed by atoms with Crippen molar-refractivity contribution in [1.29, 1.82) is 0 Å². The predicted molar refractivity (Wildman–Crippen MR) is 69.0 cm³/mol. The lowest BCUT2D eigenvalue weighted by atomic mass is 9.96. The van der Waals surface area contributed by atoms with Crippen LogP contribution in [0, 0.1) is 0 Å². The van der Waals surface area contributed by atoms with Crippen LogP contribution in [0.25, 0.3) is 0 Å². The molecule has 1 N–H and O–H groups in total. The molecule has 1 aliphatic heterocycles. The van der Waals surface area contributed by atoms with E-state index in [4.69, 9.17) is 20.9 Å². The summed E-state index contributed by atoms with van der Waals surface area (Å²) in [6.07, 6.45) is 0.105. The van der Waals surface area contributed by atoms with Gasteiger partial charge < -0.3 is 9.05 Å². The molecule has 0 aromatic heterocycles. The predicted octanol–water partition coefficient (Wildman–Crippen LogP) is 2.65. The van der Waals surface area contributed by atoms with E-state index in [1.165, 1.54) is 5.56 Å². The minimum absolute atomic E-state index is 0.105. The Labute approximate surface area is 101 Å². The van der Waals surface area contributed by atoms with Crippen LogP contribution in [0.5, 0.6) is 0 Å². The van der Waals surface area contributed by atoms with Gasteiger partial charge in [-0.2, -0.15) is 0 Å². The van der Waals surface area contributed by atoms with Crippen LogP contribution in [0.3, 0.4) is 0 Å². The molecule has 88 valence electrons. The van der Waals surface area contributed by atoms with Gasteiger partial charge in [-0.3, -0.25) is 0 Å². The van der Waals surface area contributed by atoms with Gasteiger partial charge in [-0.1, -0.05) is 37.3 Å². The van der Waals surface area contributed by atoms with Gasteiger partial charge in [0, 0.05) is 19.6 Å². The Kier molecular flexibility index (Phi) is 3.77. The van der Waals surface area contributed by atoms with Crippen LogP contribution in [0.1, 0.15) is 18.4 Å². The summed E-state index contributed by atoms with van der Waals surface area (Å²) >= 11 is 5.27. The van der Waals surface area contributed by atoms with Gasteiger partial charge in [0.15, 0.2) is 0 Å². The third-order valence-corrected chi connectivity index (χ3v) is 5.58. The summed E-state index contributed by atoms with van der Waals surface area (Å²) in [5, 5.41) is 3.16. The van der Waals surface area contributed by atoms with Crippen LogP contribution >= 0.6 is 6.64 Å². The van der Waals surface area contributed by atoms with Crippen molar-refractivity contribution in [3.63, 3.8) is 0 Å². The van der Waals surface area contributed by atoms with Gasteiger partial charge in [0.25, 0.3) is 6.64 Å². The summed E-state index contributed by atoms with van der Waals surface area (Å²) < 4.78 is 11.0. The highest BCUT2D eigenvalue weighted by molar-refractivity contribution is 8.09. The molecular formula is C11H16NO2PS. The average Bonchev–Trinajstić information content (AvgIpc) is 2.73. The van der Waals surface area contributed by atoms with E-state index in [9.17, 15) is 0 Å². The quantitative estimate of drug-likeness (QED) is 0.843. The summed E-state index contributed by atoms with van der Waals surface area (Å²) in [4.78, 5) is 0. The van der Waals surface area contributed by atoms with Gasteiger partial charge >= 0.3 is 0 Å². The van der Waals surface area contributed by atoms with Gasteiger partial charge in [-0.05, 0) is 17.4 Å². The highest BCUT2D eigenvalue weighted by Gasteiger charge is 2.34. The fourth-order valence-electron chi connectivity index (χ4n) is 1.80. The topological polar surface area (TPSA) is 30.5 Å². The largest absolute Gasteiger partial charge is 0.321 e. The van der Waals surface area contributed by atoms with Gasteiger partial charge in [0.2, 0.25) is 0 Å². The zero-order valence-electron chi connectivity index (χ0n) is 9.42. The van der Waals surface area contributed by atoms with Gasteiger partial charge in [-0.25, -0.2) is 5.09 Å². The van der Waals surface area contributed by atoms with Gasteiger partial charge in [-0.15, -0.1) is 0 Å². The molecule has 2 rings (SSSR count). The van der Waals surface area contributed by atoms with Crippen LogP contribution in [0.2, 0.25) is 0 Å². The molecule has 0 amide bonds. The first-order valence-corrected chi connectivity index (χ1v) is 7.93. The fourth-order valence-corrected chi connectivity index (χ4v) is 3.66. The molecule has 3 nitrogen and oxygen atoms in total. The van der Waals surface area contributed by atoms with E-state index in [1.807, 2.05) is 18.2 Å². The third kappa shape index (κ3) is 2.53. The van der Waals surface area contributed by atoms with E-state index in [0.717, 1.165) is 6.54 Å². The van der Waals surface area contributed by atoms with E-state index >= 15 is 0 Å². The number of nitrogens with one attached hydrogen (secondary N) is 1. The minimum atomic E-state index is -2.20. The maximum atomic E-state index is 5.81. The maximum Gasteiger partial charge on any atom is 0.261 e. The number of benzene rings is 1. The van der Waals surface area contributed by atoms with Crippen molar-refractivity contribution in [1.82, 2.24) is 5.09 Å². The van der Waals surface area contributed by atoms with E-state index in [1.54, 1.807) is 7.11 Å². The first-order valence-electron chi connectivity index (χ1n) is 5.29. The van der Waals surface area contributed by atoms with Crippen molar-refractivity contribution in [3.8, 4) is 0 Å². The van der Waals surface area contributed by atoms with Crippen molar-refractivity contribution >= 4 is 18.4 Å². The zero-order valence-corrected chi connectivity index (χ0v) is 11.1. The zero-order chi connectivity index (χ0) is 11.6. The SMILES string of the molecule is COP1(=S)NCC(C(C)c2ccccc2)O1. The lowest BCUT2D eigenvalue weighted by Crippen LogP contribution is -2.20. The van der Waals surface area contributed by atoms with Crippen LogP contribution in [-0.4, -0.2) is 19.8 Å². The lowest BCUT2D eigenvalue weighted by Gasteiger charge is -2.19. The van der Waals surface area contributed by atoms with Crippen molar-refractivity contribution in [3.05, 3.63) is 35.9 Å². The van der Waals surface area contributed by atoms with Crippen LogP contribution in [-0.2, 0) is 20.9 Å². The van der Waals surface area contributed by atoms with Crippen molar-refractivity contribution in [2.45, 2.75) is 18.9 Å². The highest BCUT2D eigenvalue weighted by Crippen LogP contribution is 2.50. The Morgan fingerprint density at radius 1 is 1.50 bits per heavy atom. The maximum absolute atomic E-state index is 5.81. The molecule has 0 bridgehead atoms. The van der Waals surface area contributed by atoms with Crippen LogP contribution < -0.4 is 5.09 Å². The standard InChI is InChI=1S/C11H16NO2PS/c1-9(10-6-4-3-5-7-10)11-8-12-15(16,13-2)14-11/h3-7,9,11H,8H2,1-2H3,(H,12,16). The Morgan fingerprint density at radius 3 is 2.75 bits per heavy atom. The van der Waals surface area contributed by atoms with E-state index in [-0.39, 0.29) is 6.10 Å². The molecule has 1 aliphatic rings. The summed E-state index contributed by atoms with van der Waals surface area (Å²) in [6.45, 7) is 0.722. The third-order valence-electron chi connectivity index (χ3n) is 2.88. The van der Waals surface area contributed by atoms with Crippen molar-refractivity contribution in [2.75, 3.05) is 13.7 Å². The molecule has 0 saturated carbocycles. The smallest absolute Gasteiger partial charge is 0.261 e. The molecule has 1 aromatic carbocycles. The molecule has 0 aliphatic carbocycles. The number of hydrogen-bond donors (Lipinski definition) is 1. The molecule has 1 heterocycles. The molecule has 1 aromatic rings. The summed E-state index contributed by atoms with van der Waals surface area (Å²) in [5.41, 5.74) is 1.27. The second-order valence-corrected chi connectivity index (χ2v) is 7.21.